The van der Waals surface area contributed by atoms with Crippen molar-refractivity contribution in [2.24, 2.45) is 0 Å². The van der Waals surface area contributed by atoms with E-state index in [-0.39, 0.29) is 25.4 Å². The average Bonchev–Trinajstić information content (AvgIpc) is 2.89. The number of esters is 1. The maximum atomic E-state index is 14.7. The average molecular weight is 582 g/mol. The Kier molecular flexibility index (Phi) is 10.1. The van der Waals surface area contributed by atoms with Crippen LogP contribution in [0.1, 0.15) is 35.4 Å². The summed E-state index contributed by atoms with van der Waals surface area (Å²) in [5.41, 5.74) is 12.9. The van der Waals surface area contributed by atoms with E-state index in [1.54, 1.807) is 18.2 Å². The molecule has 0 aliphatic rings. The molecule has 0 aliphatic carbocycles. The summed E-state index contributed by atoms with van der Waals surface area (Å²) in [6.07, 6.45) is -7.21. The molecule has 6 nitrogen and oxygen atoms in total. The SMILES string of the molecule is [CH2]C(COC(=O)/C=C/c1ccc(C(F)(F)Oc2ccc(OCCCC(F)(F)F)cc2F)cc1)c1ccc(N)cc1N. The van der Waals surface area contributed by atoms with Crippen molar-refractivity contribution in [1.29, 1.82) is 0 Å². The Morgan fingerprint density at radius 3 is 2.32 bits per heavy atom. The zero-order valence-electron chi connectivity index (χ0n) is 21.6. The van der Waals surface area contributed by atoms with Gasteiger partial charge < -0.3 is 25.7 Å². The number of nitrogen functional groups attached to an aromatic ring is 2. The molecule has 0 aliphatic heterocycles. The fraction of sp³-hybridized carbons (Fsp3) is 0.241. The van der Waals surface area contributed by atoms with Crippen LogP contribution in [0.25, 0.3) is 6.08 Å². The van der Waals surface area contributed by atoms with Gasteiger partial charge >= 0.3 is 18.3 Å². The molecule has 0 saturated heterocycles. The first-order valence-electron chi connectivity index (χ1n) is 12.2. The van der Waals surface area contributed by atoms with Crippen LogP contribution < -0.4 is 20.9 Å². The number of hydrogen-bond acceptors (Lipinski definition) is 6. The van der Waals surface area contributed by atoms with Gasteiger partial charge in [0.1, 0.15) is 5.75 Å². The standard InChI is InChI=1S/C29H27F6N2O4/c1-18(23-10-8-21(36)15-25(23)37)17-40-27(38)12-5-19-3-6-20(7-4-19)29(34,35)41-26-11-9-22(16-24(26)30)39-14-2-13-28(31,32)33/h3-12,15-16,18H,1-2,13-14,17,36-37H2/b12-5+. The third-order valence-electron chi connectivity index (χ3n) is 5.65. The molecule has 4 N–H and O–H groups in total. The number of carbonyl (C=O) groups excluding carboxylic acids is 1. The predicted molar refractivity (Wildman–Crippen MR) is 142 cm³/mol. The first-order chi connectivity index (χ1) is 19.2. The number of alkyl halides is 5. The van der Waals surface area contributed by atoms with Gasteiger partial charge in [0, 0.05) is 35.9 Å². The lowest BCUT2D eigenvalue weighted by Gasteiger charge is -2.19. The van der Waals surface area contributed by atoms with Gasteiger partial charge in [0.15, 0.2) is 11.6 Å². The second kappa shape index (κ2) is 13.3. The quantitative estimate of drug-likeness (QED) is 0.0785. The molecule has 3 aromatic rings. The van der Waals surface area contributed by atoms with Crippen molar-refractivity contribution in [3.05, 3.63) is 96.2 Å². The Morgan fingerprint density at radius 1 is 0.976 bits per heavy atom. The Bertz CT molecular complexity index is 1360. The molecular weight excluding hydrogens is 554 g/mol. The van der Waals surface area contributed by atoms with E-state index < -0.39 is 47.7 Å². The maximum absolute atomic E-state index is 14.7. The van der Waals surface area contributed by atoms with E-state index in [2.05, 4.69) is 11.7 Å². The monoisotopic (exact) mass is 581 g/mol. The number of hydrogen-bond donors (Lipinski definition) is 2. The second-order valence-corrected chi connectivity index (χ2v) is 8.95. The molecule has 0 heterocycles. The van der Waals surface area contributed by atoms with Crippen molar-refractivity contribution >= 4 is 23.4 Å². The van der Waals surface area contributed by atoms with E-state index in [9.17, 15) is 31.1 Å². The highest BCUT2D eigenvalue weighted by Crippen LogP contribution is 2.34. The Labute approximate surface area is 232 Å². The molecule has 0 bridgehead atoms. The summed E-state index contributed by atoms with van der Waals surface area (Å²) < 4.78 is 94.9. The summed E-state index contributed by atoms with van der Waals surface area (Å²) in [7, 11) is 0. The zero-order valence-corrected chi connectivity index (χ0v) is 21.6. The molecule has 1 unspecified atom stereocenters. The zero-order chi connectivity index (χ0) is 30.2. The number of halogens is 6. The lowest BCUT2D eigenvalue weighted by atomic mass is 10.00. The molecular formula is C29H27F6N2O4. The summed E-state index contributed by atoms with van der Waals surface area (Å²) >= 11 is 0. The molecule has 41 heavy (non-hydrogen) atoms. The first kappa shape index (κ1) is 31.2. The van der Waals surface area contributed by atoms with Crippen LogP contribution in [-0.4, -0.2) is 25.4 Å². The van der Waals surface area contributed by atoms with E-state index in [1.807, 2.05) is 0 Å². The number of nitrogens with two attached hydrogens (primary N) is 2. The molecule has 1 atom stereocenters. The molecule has 219 valence electrons. The van der Waals surface area contributed by atoms with Crippen LogP contribution in [0.4, 0.5) is 37.7 Å². The molecule has 12 heteroatoms. The van der Waals surface area contributed by atoms with Crippen molar-refractivity contribution in [3.8, 4) is 11.5 Å². The molecule has 0 spiro atoms. The van der Waals surface area contributed by atoms with E-state index in [4.69, 9.17) is 20.9 Å². The van der Waals surface area contributed by atoms with E-state index in [1.165, 1.54) is 18.2 Å². The molecule has 0 aromatic heterocycles. The second-order valence-electron chi connectivity index (χ2n) is 8.95. The minimum Gasteiger partial charge on any atom is -0.493 e. The van der Waals surface area contributed by atoms with E-state index in [0.29, 0.717) is 22.5 Å². The van der Waals surface area contributed by atoms with Gasteiger partial charge in [0.25, 0.3) is 0 Å². The van der Waals surface area contributed by atoms with Gasteiger partial charge in [0.05, 0.1) is 18.8 Å². The summed E-state index contributed by atoms with van der Waals surface area (Å²) in [6, 6.07) is 12.3. The molecule has 3 aromatic carbocycles. The minimum atomic E-state index is -4.34. The molecule has 0 fully saturated rings. The summed E-state index contributed by atoms with van der Waals surface area (Å²) in [5.74, 6) is -3.22. The van der Waals surface area contributed by atoms with Gasteiger partial charge in [-0.05, 0) is 66.9 Å². The molecule has 0 amide bonds. The van der Waals surface area contributed by atoms with E-state index >= 15 is 0 Å². The van der Waals surface area contributed by atoms with Gasteiger partial charge in [-0.1, -0.05) is 18.2 Å². The number of benzene rings is 3. The minimum absolute atomic E-state index is 0.0541. The highest BCUT2D eigenvalue weighted by Gasteiger charge is 2.35. The summed E-state index contributed by atoms with van der Waals surface area (Å²) in [4.78, 5) is 12.1. The topological polar surface area (TPSA) is 96.8 Å². The van der Waals surface area contributed by atoms with Crippen LogP contribution in [0.2, 0.25) is 0 Å². The van der Waals surface area contributed by atoms with Gasteiger partial charge in [-0.2, -0.15) is 22.0 Å². The normalized spacial score (nSPS) is 12.8. The number of rotatable bonds is 12. The van der Waals surface area contributed by atoms with Crippen LogP contribution in [0.15, 0.2) is 66.7 Å². The number of ether oxygens (including phenoxy) is 3. The summed E-state index contributed by atoms with van der Waals surface area (Å²) in [6.45, 7) is 3.53. The van der Waals surface area contributed by atoms with Gasteiger partial charge in [-0.3, -0.25) is 0 Å². The van der Waals surface area contributed by atoms with Crippen LogP contribution in [0.5, 0.6) is 11.5 Å². The Morgan fingerprint density at radius 2 is 1.68 bits per heavy atom. The van der Waals surface area contributed by atoms with Crippen LogP contribution >= 0.6 is 0 Å². The van der Waals surface area contributed by atoms with Crippen molar-refractivity contribution in [2.45, 2.75) is 31.0 Å². The number of anilines is 2. The van der Waals surface area contributed by atoms with Crippen molar-refractivity contribution in [3.63, 3.8) is 0 Å². The smallest absolute Gasteiger partial charge is 0.426 e. The largest absolute Gasteiger partial charge is 0.493 e. The third-order valence-corrected chi connectivity index (χ3v) is 5.65. The fourth-order valence-electron chi connectivity index (χ4n) is 3.55. The lowest BCUT2D eigenvalue weighted by molar-refractivity contribution is -0.187. The number of carbonyl (C=O) groups is 1. The summed E-state index contributed by atoms with van der Waals surface area (Å²) in [5, 5.41) is 0. The van der Waals surface area contributed by atoms with Crippen LogP contribution in [0.3, 0.4) is 0 Å². The Balaban J connectivity index is 1.53. The maximum Gasteiger partial charge on any atom is 0.426 e. The van der Waals surface area contributed by atoms with Gasteiger partial charge in [-0.15, -0.1) is 0 Å². The highest BCUT2D eigenvalue weighted by atomic mass is 19.4. The molecule has 1 radical (unpaired) electrons. The van der Waals surface area contributed by atoms with Crippen molar-refractivity contribution in [1.82, 2.24) is 0 Å². The highest BCUT2D eigenvalue weighted by molar-refractivity contribution is 5.87. The Hall–Kier alpha value is -4.35. The van der Waals surface area contributed by atoms with Crippen molar-refractivity contribution < 1.29 is 45.3 Å². The predicted octanol–water partition coefficient (Wildman–Crippen LogP) is 7.01. The molecule has 3 rings (SSSR count). The van der Waals surface area contributed by atoms with Crippen LogP contribution in [0, 0.1) is 12.7 Å². The first-order valence-corrected chi connectivity index (χ1v) is 12.2. The van der Waals surface area contributed by atoms with Crippen molar-refractivity contribution in [2.75, 3.05) is 24.7 Å². The molecule has 0 saturated carbocycles. The fourth-order valence-corrected chi connectivity index (χ4v) is 3.55. The van der Waals surface area contributed by atoms with Gasteiger partial charge in [-0.25, -0.2) is 9.18 Å². The lowest BCUT2D eigenvalue weighted by Crippen LogP contribution is -2.22. The third kappa shape index (κ3) is 9.66. The van der Waals surface area contributed by atoms with Gasteiger partial charge in [0.2, 0.25) is 0 Å². The van der Waals surface area contributed by atoms with Crippen LogP contribution in [-0.2, 0) is 15.6 Å². The van der Waals surface area contributed by atoms with E-state index in [0.717, 1.165) is 36.4 Å².